The van der Waals surface area contributed by atoms with Crippen molar-refractivity contribution in [3.8, 4) is 17.9 Å². The van der Waals surface area contributed by atoms with Crippen LogP contribution >= 0.6 is 27.3 Å². The highest BCUT2D eigenvalue weighted by Gasteiger charge is 2.23. The molecular weight excluding hydrogens is 444 g/mol. The van der Waals surface area contributed by atoms with Gasteiger partial charge in [-0.25, -0.2) is 4.79 Å². The zero-order valence-corrected chi connectivity index (χ0v) is 17.5. The molecule has 6 nitrogen and oxygen atoms in total. The van der Waals surface area contributed by atoms with Gasteiger partial charge in [-0.05, 0) is 59.1 Å². The highest BCUT2D eigenvalue weighted by molar-refractivity contribution is 9.10. The van der Waals surface area contributed by atoms with Crippen molar-refractivity contribution in [2.45, 2.75) is 20.3 Å². The highest BCUT2D eigenvalue weighted by Crippen LogP contribution is 2.30. The third kappa shape index (κ3) is 4.66. The fourth-order valence-corrected chi connectivity index (χ4v) is 3.98. The molecule has 0 unspecified atom stereocenters. The molecule has 1 aromatic carbocycles. The second-order valence-corrected chi connectivity index (χ2v) is 7.63. The number of esters is 1. The van der Waals surface area contributed by atoms with Crippen LogP contribution in [0.3, 0.4) is 0 Å². The number of hydrogen-bond donors (Lipinski definition) is 1. The SMILES string of the molecule is CCOC(=O)c1sc(CC(=O)/C(C#N)=C/c2ccc(O)c(Br)c2)c(C#N)c1C. The summed E-state index contributed by atoms with van der Waals surface area (Å²) < 4.78 is 5.42. The molecular formula is C20H15BrN2O4S. The van der Waals surface area contributed by atoms with Crippen LogP contribution in [0.15, 0.2) is 28.2 Å². The molecule has 8 heteroatoms. The van der Waals surface area contributed by atoms with Crippen molar-refractivity contribution in [3.63, 3.8) is 0 Å². The van der Waals surface area contributed by atoms with Crippen molar-refractivity contribution >= 4 is 45.1 Å². The number of nitriles is 2. The molecule has 0 bridgehead atoms. The van der Waals surface area contributed by atoms with Crippen LogP contribution in [-0.2, 0) is 16.0 Å². The summed E-state index contributed by atoms with van der Waals surface area (Å²) in [7, 11) is 0. The quantitative estimate of drug-likeness (QED) is 0.392. The molecule has 142 valence electrons. The van der Waals surface area contributed by atoms with Gasteiger partial charge in [0.1, 0.15) is 22.8 Å². The van der Waals surface area contributed by atoms with Gasteiger partial charge in [-0.1, -0.05) is 6.07 Å². The molecule has 28 heavy (non-hydrogen) atoms. The molecule has 0 aliphatic heterocycles. The number of hydrogen-bond acceptors (Lipinski definition) is 7. The smallest absolute Gasteiger partial charge is 0.348 e. The van der Waals surface area contributed by atoms with E-state index in [0.717, 1.165) is 11.3 Å². The molecule has 0 saturated heterocycles. The van der Waals surface area contributed by atoms with Crippen LogP contribution in [0.5, 0.6) is 5.75 Å². The summed E-state index contributed by atoms with van der Waals surface area (Å²) in [6, 6.07) is 8.48. The Hall–Kier alpha value is -2.94. The van der Waals surface area contributed by atoms with Crippen LogP contribution in [0.4, 0.5) is 0 Å². The van der Waals surface area contributed by atoms with E-state index >= 15 is 0 Å². The summed E-state index contributed by atoms with van der Waals surface area (Å²) in [5, 5.41) is 28.3. The second-order valence-electron chi connectivity index (χ2n) is 5.67. The molecule has 0 spiro atoms. The predicted molar refractivity (Wildman–Crippen MR) is 108 cm³/mol. The second kappa shape index (κ2) is 9.32. The Morgan fingerprint density at radius 3 is 2.64 bits per heavy atom. The van der Waals surface area contributed by atoms with E-state index in [1.807, 2.05) is 12.1 Å². The van der Waals surface area contributed by atoms with Crippen molar-refractivity contribution in [3.05, 3.63) is 54.7 Å². The molecule has 1 aromatic heterocycles. The van der Waals surface area contributed by atoms with Crippen molar-refractivity contribution in [1.82, 2.24) is 0 Å². The van der Waals surface area contributed by atoms with Gasteiger partial charge < -0.3 is 9.84 Å². The van der Waals surface area contributed by atoms with Crippen LogP contribution in [-0.4, -0.2) is 23.5 Å². The number of ether oxygens (including phenoxy) is 1. The number of ketones is 1. The summed E-state index contributed by atoms with van der Waals surface area (Å²) in [4.78, 5) is 25.3. The number of rotatable bonds is 6. The van der Waals surface area contributed by atoms with Gasteiger partial charge in [-0.3, -0.25) is 4.79 Å². The number of allylic oxidation sites excluding steroid dienone is 1. The fourth-order valence-electron chi connectivity index (χ4n) is 2.43. The third-order valence-corrected chi connectivity index (χ3v) is 5.72. The molecule has 0 radical (unpaired) electrons. The molecule has 1 heterocycles. The molecule has 2 rings (SSSR count). The van der Waals surface area contributed by atoms with Gasteiger partial charge in [0.15, 0.2) is 5.78 Å². The van der Waals surface area contributed by atoms with Crippen molar-refractivity contribution in [2.75, 3.05) is 6.61 Å². The first kappa shape index (κ1) is 21.4. The van der Waals surface area contributed by atoms with E-state index in [9.17, 15) is 25.2 Å². The van der Waals surface area contributed by atoms with Gasteiger partial charge in [0, 0.05) is 11.3 Å². The number of benzene rings is 1. The van der Waals surface area contributed by atoms with Crippen molar-refractivity contribution in [1.29, 1.82) is 10.5 Å². The average Bonchev–Trinajstić information content (AvgIpc) is 2.97. The first-order valence-corrected chi connectivity index (χ1v) is 9.76. The molecule has 0 amide bonds. The fraction of sp³-hybridized carbons (Fsp3) is 0.200. The van der Waals surface area contributed by atoms with E-state index in [4.69, 9.17) is 4.74 Å². The number of carbonyl (C=O) groups is 2. The largest absolute Gasteiger partial charge is 0.507 e. The van der Waals surface area contributed by atoms with Crippen LogP contribution in [0.1, 0.15) is 38.2 Å². The minimum Gasteiger partial charge on any atom is -0.507 e. The van der Waals surface area contributed by atoms with Gasteiger partial charge in [0.2, 0.25) is 0 Å². The van der Waals surface area contributed by atoms with Gasteiger partial charge in [-0.15, -0.1) is 11.3 Å². The Balaban J connectivity index is 2.35. The first-order valence-electron chi connectivity index (χ1n) is 8.15. The van der Waals surface area contributed by atoms with E-state index in [1.165, 1.54) is 12.1 Å². The average molecular weight is 459 g/mol. The predicted octanol–water partition coefficient (Wildman–Crippen LogP) is 4.29. The van der Waals surface area contributed by atoms with Gasteiger partial charge >= 0.3 is 5.97 Å². The van der Waals surface area contributed by atoms with Crippen LogP contribution in [0.25, 0.3) is 6.08 Å². The summed E-state index contributed by atoms with van der Waals surface area (Å²) >= 11 is 4.21. The zero-order chi connectivity index (χ0) is 20.8. The maximum Gasteiger partial charge on any atom is 0.348 e. The molecule has 0 fully saturated rings. The van der Waals surface area contributed by atoms with Gasteiger partial charge in [0.25, 0.3) is 0 Å². The van der Waals surface area contributed by atoms with Gasteiger partial charge in [-0.2, -0.15) is 10.5 Å². The lowest BCUT2D eigenvalue weighted by Crippen LogP contribution is -2.05. The lowest BCUT2D eigenvalue weighted by molar-refractivity contribution is -0.114. The molecule has 1 N–H and O–H groups in total. The summed E-state index contributed by atoms with van der Waals surface area (Å²) in [5.74, 6) is -0.966. The van der Waals surface area contributed by atoms with Crippen LogP contribution < -0.4 is 0 Å². The topological polar surface area (TPSA) is 111 Å². The molecule has 0 aliphatic rings. The van der Waals surface area contributed by atoms with Gasteiger partial charge in [0.05, 0.1) is 22.2 Å². The van der Waals surface area contributed by atoms with Crippen molar-refractivity contribution in [2.24, 2.45) is 0 Å². The molecule has 0 atom stereocenters. The maximum atomic E-state index is 12.6. The normalized spacial score (nSPS) is 10.8. The summed E-state index contributed by atoms with van der Waals surface area (Å²) in [6.07, 6.45) is 1.23. The third-order valence-electron chi connectivity index (χ3n) is 3.82. The van der Waals surface area contributed by atoms with Crippen molar-refractivity contribution < 1.29 is 19.4 Å². The molecule has 0 saturated carbocycles. The lowest BCUT2D eigenvalue weighted by Gasteiger charge is -2.01. The number of aromatic hydroxyl groups is 1. The zero-order valence-electron chi connectivity index (χ0n) is 15.1. The van der Waals surface area contributed by atoms with E-state index < -0.39 is 11.8 Å². The van der Waals surface area contributed by atoms with E-state index in [0.29, 0.717) is 20.5 Å². The number of halogens is 1. The minimum absolute atomic E-state index is 0.0428. The number of phenols is 1. The molecule has 0 aliphatic carbocycles. The Kier molecular flexibility index (Phi) is 7.11. The Labute approximate surface area is 174 Å². The van der Waals surface area contributed by atoms with E-state index in [-0.39, 0.29) is 34.8 Å². The maximum absolute atomic E-state index is 12.6. The Morgan fingerprint density at radius 2 is 2.07 bits per heavy atom. The number of Topliss-reactive ketones (excluding diaryl/α,β-unsaturated/α-hetero) is 1. The summed E-state index contributed by atoms with van der Waals surface area (Å²) in [5.41, 5.74) is 1.19. The van der Waals surface area contributed by atoms with E-state index in [1.54, 1.807) is 26.0 Å². The van der Waals surface area contributed by atoms with Crippen LogP contribution in [0.2, 0.25) is 0 Å². The minimum atomic E-state index is -0.537. The lowest BCUT2D eigenvalue weighted by atomic mass is 10.0. The Morgan fingerprint density at radius 1 is 1.36 bits per heavy atom. The Bertz CT molecular complexity index is 1060. The number of thiophene rings is 1. The number of carbonyl (C=O) groups excluding carboxylic acids is 2. The van der Waals surface area contributed by atoms with E-state index in [2.05, 4.69) is 15.9 Å². The monoisotopic (exact) mass is 458 g/mol. The summed E-state index contributed by atoms with van der Waals surface area (Å²) in [6.45, 7) is 3.52. The number of phenolic OH excluding ortho intramolecular Hbond substituents is 1. The standard InChI is InChI=1S/C20H15BrN2O4S/c1-3-27-20(26)19-11(2)14(10-23)18(28-19)8-17(25)13(9-22)6-12-4-5-16(24)15(21)7-12/h4-7,24H,3,8H2,1-2H3/b13-6+. The van der Waals surface area contributed by atoms with Crippen LogP contribution in [0, 0.1) is 29.6 Å². The first-order chi connectivity index (χ1) is 13.3. The number of nitrogens with zero attached hydrogens (tertiary/aromatic N) is 2. The highest BCUT2D eigenvalue weighted by atomic mass is 79.9. The molecule has 2 aromatic rings.